The molecule has 16 heavy (non-hydrogen) atoms. The van der Waals surface area contributed by atoms with Gasteiger partial charge in [-0.2, -0.15) is 24.9 Å². The summed E-state index contributed by atoms with van der Waals surface area (Å²) in [4.78, 5) is 10.9. The molecule has 0 aromatic carbocycles. The fourth-order valence-corrected chi connectivity index (χ4v) is 1.66. The van der Waals surface area contributed by atoms with Crippen molar-refractivity contribution in [2.75, 3.05) is 24.7 Å². The van der Waals surface area contributed by atoms with Crippen molar-refractivity contribution >= 4 is 17.7 Å². The highest BCUT2D eigenvalue weighted by molar-refractivity contribution is 7.99. The fraction of sp³-hybridized carbons (Fsp3) is 0.889. The van der Waals surface area contributed by atoms with Crippen molar-refractivity contribution in [1.29, 1.82) is 0 Å². The van der Waals surface area contributed by atoms with Crippen molar-refractivity contribution in [2.24, 2.45) is 0 Å². The standard InChI is InChI=1S/C9H16F3NO2S/c10-9(11,12)3-2-8(15)13-4-7-16-6-1-5-14/h14H,1-7H2,(H,13,15). The van der Waals surface area contributed by atoms with Crippen molar-refractivity contribution in [3.8, 4) is 0 Å². The summed E-state index contributed by atoms with van der Waals surface area (Å²) in [5.74, 6) is 0.868. The number of carbonyl (C=O) groups excluding carboxylic acids is 1. The third kappa shape index (κ3) is 11.6. The SMILES string of the molecule is O=C(CCC(F)(F)F)NCCSCCCO. The molecular formula is C9H16F3NO2S. The Balaban J connectivity index is 3.31. The van der Waals surface area contributed by atoms with E-state index in [0.29, 0.717) is 18.7 Å². The monoisotopic (exact) mass is 259 g/mol. The first-order valence-electron chi connectivity index (χ1n) is 4.98. The van der Waals surface area contributed by atoms with Gasteiger partial charge in [0.1, 0.15) is 0 Å². The maximum Gasteiger partial charge on any atom is 0.389 e. The number of thioether (sulfide) groups is 1. The van der Waals surface area contributed by atoms with Gasteiger partial charge < -0.3 is 10.4 Å². The average molecular weight is 259 g/mol. The average Bonchev–Trinajstić information content (AvgIpc) is 2.19. The third-order valence-electron chi connectivity index (χ3n) is 1.65. The van der Waals surface area contributed by atoms with Crippen LogP contribution in [0, 0.1) is 0 Å². The lowest BCUT2D eigenvalue weighted by atomic mass is 10.3. The molecule has 0 aliphatic carbocycles. The van der Waals surface area contributed by atoms with Gasteiger partial charge in [0.05, 0.1) is 6.42 Å². The zero-order chi connectivity index (χ0) is 12.4. The van der Waals surface area contributed by atoms with Crippen molar-refractivity contribution in [3.63, 3.8) is 0 Å². The molecule has 0 heterocycles. The number of aliphatic hydroxyl groups excluding tert-OH is 1. The molecule has 0 aromatic heterocycles. The molecule has 1 amide bonds. The highest BCUT2D eigenvalue weighted by atomic mass is 32.2. The van der Waals surface area contributed by atoms with Crippen LogP contribution in [-0.2, 0) is 4.79 Å². The Labute approximate surface area is 96.8 Å². The summed E-state index contributed by atoms with van der Waals surface area (Å²) >= 11 is 1.55. The second-order valence-electron chi connectivity index (χ2n) is 3.15. The van der Waals surface area contributed by atoms with Crippen LogP contribution in [0.1, 0.15) is 19.3 Å². The van der Waals surface area contributed by atoms with E-state index in [9.17, 15) is 18.0 Å². The lowest BCUT2D eigenvalue weighted by molar-refractivity contribution is -0.144. The van der Waals surface area contributed by atoms with Crippen LogP contribution in [0.5, 0.6) is 0 Å². The van der Waals surface area contributed by atoms with Gasteiger partial charge in [-0.3, -0.25) is 4.79 Å². The molecule has 0 rings (SSSR count). The Kier molecular flexibility index (Phi) is 8.46. The minimum Gasteiger partial charge on any atom is -0.396 e. The molecule has 7 heteroatoms. The summed E-state index contributed by atoms with van der Waals surface area (Å²) in [6.45, 7) is 0.498. The van der Waals surface area contributed by atoms with Crippen LogP contribution in [0.3, 0.4) is 0 Å². The molecule has 0 saturated heterocycles. The minimum atomic E-state index is -4.27. The summed E-state index contributed by atoms with van der Waals surface area (Å²) in [5.41, 5.74) is 0. The number of aliphatic hydroxyl groups is 1. The maximum atomic E-state index is 11.7. The number of rotatable bonds is 8. The highest BCUT2D eigenvalue weighted by Crippen LogP contribution is 2.20. The van der Waals surface area contributed by atoms with Crippen molar-refractivity contribution < 1.29 is 23.1 Å². The van der Waals surface area contributed by atoms with Gasteiger partial charge in [-0.15, -0.1) is 0 Å². The largest absolute Gasteiger partial charge is 0.396 e. The van der Waals surface area contributed by atoms with E-state index < -0.39 is 24.9 Å². The molecule has 0 atom stereocenters. The van der Waals surface area contributed by atoms with E-state index in [1.807, 2.05) is 0 Å². The van der Waals surface area contributed by atoms with Gasteiger partial charge in [0, 0.05) is 25.3 Å². The number of nitrogens with one attached hydrogen (secondary N) is 1. The van der Waals surface area contributed by atoms with E-state index in [1.54, 1.807) is 11.8 Å². The van der Waals surface area contributed by atoms with Crippen LogP contribution in [0.2, 0.25) is 0 Å². The number of hydrogen-bond acceptors (Lipinski definition) is 3. The van der Waals surface area contributed by atoms with Gasteiger partial charge >= 0.3 is 6.18 Å². The smallest absolute Gasteiger partial charge is 0.389 e. The molecule has 0 bridgehead atoms. The van der Waals surface area contributed by atoms with E-state index in [0.717, 1.165) is 5.75 Å². The molecule has 0 aliphatic rings. The first-order valence-corrected chi connectivity index (χ1v) is 6.13. The molecule has 0 unspecified atom stereocenters. The van der Waals surface area contributed by atoms with Crippen LogP contribution < -0.4 is 5.32 Å². The first-order chi connectivity index (χ1) is 7.45. The van der Waals surface area contributed by atoms with Crippen LogP contribution in [0.15, 0.2) is 0 Å². The van der Waals surface area contributed by atoms with Crippen molar-refractivity contribution in [3.05, 3.63) is 0 Å². The number of amides is 1. The Bertz CT molecular complexity index is 200. The van der Waals surface area contributed by atoms with E-state index in [4.69, 9.17) is 5.11 Å². The van der Waals surface area contributed by atoms with Gasteiger partial charge in [0.15, 0.2) is 0 Å². The molecule has 3 nitrogen and oxygen atoms in total. The maximum absolute atomic E-state index is 11.7. The van der Waals surface area contributed by atoms with E-state index >= 15 is 0 Å². The summed E-state index contributed by atoms with van der Waals surface area (Å²) in [6.07, 6.45) is -5.17. The van der Waals surface area contributed by atoms with Gasteiger partial charge in [-0.05, 0) is 12.2 Å². The zero-order valence-electron chi connectivity index (χ0n) is 8.85. The molecule has 0 saturated carbocycles. The predicted octanol–water partition coefficient (Wildman–Crippen LogP) is 1.56. The topological polar surface area (TPSA) is 49.3 Å². The summed E-state index contributed by atoms with van der Waals surface area (Å²) < 4.78 is 35.2. The molecule has 0 fully saturated rings. The lowest BCUT2D eigenvalue weighted by Crippen LogP contribution is -2.27. The number of alkyl halides is 3. The second-order valence-corrected chi connectivity index (χ2v) is 4.38. The summed E-state index contributed by atoms with van der Waals surface area (Å²) in [6, 6.07) is 0. The highest BCUT2D eigenvalue weighted by Gasteiger charge is 2.27. The minimum absolute atomic E-state index is 0.130. The van der Waals surface area contributed by atoms with Crippen LogP contribution in [0.25, 0.3) is 0 Å². The molecule has 96 valence electrons. The molecule has 0 radical (unpaired) electrons. The van der Waals surface area contributed by atoms with Gasteiger partial charge in [0.25, 0.3) is 0 Å². The van der Waals surface area contributed by atoms with Crippen LogP contribution >= 0.6 is 11.8 Å². The normalized spacial score (nSPS) is 11.5. The first kappa shape index (κ1) is 15.6. The van der Waals surface area contributed by atoms with Gasteiger partial charge in [-0.25, -0.2) is 0 Å². The number of carbonyl (C=O) groups is 1. The van der Waals surface area contributed by atoms with E-state index in [-0.39, 0.29) is 6.61 Å². The Hall–Kier alpha value is -0.430. The van der Waals surface area contributed by atoms with Gasteiger partial charge in [-0.1, -0.05) is 0 Å². The zero-order valence-corrected chi connectivity index (χ0v) is 9.66. The van der Waals surface area contributed by atoms with E-state index in [1.165, 1.54) is 0 Å². The third-order valence-corrected chi connectivity index (χ3v) is 2.72. The van der Waals surface area contributed by atoms with Crippen molar-refractivity contribution in [1.82, 2.24) is 5.32 Å². The second kappa shape index (κ2) is 8.69. The molecule has 0 spiro atoms. The number of halogens is 3. The predicted molar refractivity (Wildman–Crippen MR) is 57.3 cm³/mol. The molecule has 0 aromatic rings. The Morgan fingerprint density at radius 3 is 2.56 bits per heavy atom. The number of hydrogen-bond donors (Lipinski definition) is 2. The summed E-state index contributed by atoms with van der Waals surface area (Å²) in [7, 11) is 0. The molecule has 0 aliphatic heterocycles. The quantitative estimate of drug-likeness (QED) is 0.650. The van der Waals surface area contributed by atoms with Crippen LogP contribution in [0.4, 0.5) is 13.2 Å². The molecular weight excluding hydrogens is 243 g/mol. The van der Waals surface area contributed by atoms with Gasteiger partial charge in [0.2, 0.25) is 5.91 Å². The Morgan fingerprint density at radius 1 is 1.31 bits per heavy atom. The van der Waals surface area contributed by atoms with Crippen LogP contribution in [-0.4, -0.2) is 41.8 Å². The lowest BCUT2D eigenvalue weighted by Gasteiger charge is -2.07. The van der Waals surface area contributed by atoms with Crippen molar-refractivity contribution in [2.45, 2.75) is 25.4 Å². The fourth-order valence-electron chi connectivity index (χ4n) is 0.875. The summed E-state index contributed by atoms with van der Waals surface area (Å²) in [5, 5.41) is 10.9. The molecule has 2 N–H and O–H groups in total. The van der Waals surface area contributed by atoms with E-state index in [2.05, 4.69) is 5.32 Å². The Morgan fingerprint density at radius 2 is 2.00 bits per heavy atom.